The molecule has 0 aromatic rings. The van der Waals surface area contributed by atoms with Crippen molar-refractivity contribution in [3.63, 3.8) is 0 Å². The highest BCUT2D eigenvalue weighted by atomic mass is 16.5. The lowest BCUT2D eigenvalue weighted by molar-refractivity contribution is -0.127. The third-order valence-corrected chi connectivity index (χ3v) is 10.0. The Balaban J connectivity index is 1.51. The van der Waals surface area contributed by atoms with E-state index in [0.29, 0.717) is 19.3 Å². The normalized spacial score (nSPS) is 33.3. The fourth-order valence-corrected chi connectivity index (χ4v) is 7.09. The molecule has 0 aromatic heterocycles. The number of hydrogen-bond acceptors (Lipinski definition) is 4. The van der Waals surface area contributed by atoms with Crippen LogP contribution < -0.4 is 0 Å². The van der Waals surface area contributed by atoms with Crippen molar-refractivity contribution in [2.75, 3.05) is 0 Å². The smallest absolute Gasteiger partial charge is 0.162 e. The van der Waals surface area contributed by atoms with Crippen LogP contribution in [0.25, 0.3) is 0 Å². The highest BCUT2D eigenvalue weighted by Crippen LogP contribution is 2.53. The molecule has 3 rings (SSSR count). The lowest BCUT2D eigenvalue weighted by Crippen LogP contribution is -2.45. The molecule has 4 nitrogen and oxygen atoms in total. The summed E-state index contributed by atoms with van der Waals surface area (Å²) < 4.78 is 6.45. The molecule has 0 bridgehead atoms. The van der Waals surface area contributed by atoms with Gasteiger partial charge < -0.3 is 14.9 Å². The molecule has 0 spiro atoms. The molecule has 2 N–H and O–H groups in total. The summed E-state index contributed by atoms with van der Waals surface area (Å²) in [6.45, 7) is 20.9. The monoisotopic (exact) mass is 600 g/mol. The maximum Gasteiger partial charge on any atom is 0.162 e. The zero-order valence-electron chi connectivity index (χ0n) is 28.8. The molecule has 5 unspecified atom stereocenters. The van der Waals surface area contributed by atoms with Crippen molar-refractivity contribution in [3.8, 4) is 0 Å². The van der Waals surface area contributed by atoms with Gasteiger partial charge in [-0.15, -0.1) is 0 Å². The van der Waals surface area contributed by atoms with Crippen LogP contribution in [0, 0.1) is 16.2 Å². The molecular formula is C40H56O4. The zero-order chi connectivity index (χ0) is 32.9. The quantitative estimate of drug-likeness (QED) is 0.149. The molecule has 2 fully saturated rings. The van der Waals surface area contributed by atoms with E-state index in [1.54, 1.807) is 6.08 Å². The topological polar surface area (TPSA) is 66.8 Å². The van der Waals surface area contributed by atoms with E-state index in [1.807, 2.05) is 50.3 Å². The highest BCUT2D eigenvalue weighted by molar-refractivity contribution is 5.95. The number of ketones is 1. The predicted molar refractivity (Wildman–Crippen MR) is 184 cm³/mol. The van der Waals surface area contributed by atoms with Crippen LogP contribution in [-0.2, 0) is 9.53 Å². The van der Waals surface area contributed by atoms with Gasteiger partial charge in [0, 0.05) is 11.8 Å². The van der Waals surface area contributed by atoms with Gasteiger partial charge in [-0.1, -0.05) is 118 Å². The molecule has 1 aliphatic heterocycles. The Kier molecular flexibility index (Phi) is 11.4. The first-order valence-electron chi connectivity index (χ1n) is 16.1. The average Bonchev–Trinajstić information content (AvgIpc) is 3.37. The maximum absolute atomic E-state index is 13.0. The van der Waals surface area contributed by atoms with E-state index in [9.17, 15) is 15.0 Å². The van der Waals surface area contributed by atoms with Gasteiger partial charge in [0.25, 0.3) is 0 Å². The minimum atomic E-state index is -0.536. The third kappa shape index (κ3) is 8.68. The predicted octanol–water partition coefficient (Wildman–Crippen LogP) is 9.02. The van der Waals surface area contributed by atoms with E-state index in [1.165, 1.54) is 5.57 Å². The minimum absolute atomic E-state index is 0.0574. The molecule has 3 aliphatic rings. The van der Waals surface area contributed by atoms with Crippen molar-refractivity contribution in [1.82, 2.24) is 0 Å². The van der Waals surface area contributed by atoms with Gasteiger partial charge >= 0.3 is 0 Å². The van der Waals surface area contributed by atoms with Gasteiger partial charge in [0.15, 0.2) is 5.78 Å². The number of carbonyl (C=O) groups excluding carboxylic acids is 1. The second kappa shape index (κ2) is 14.1. The number of fused-ring (bicyclic) bond motifs is 1. The Hall–Kier alpha value is -2.79. The van der Waals surface area contributed by atoms with Gasteiger partial charge in [0.2, 0.25) is 0 Å². The summed E-state index contributed by atoms with van der Waals surface area (Å²) in [5.41, 5.74) is 4.53. The number of aliphatic hydroxyl groups is 2. The van der Waals surface area contributed by atoms with Crippen LogP contribution in [0.2, 0.25) is 0 Å². The average molecular weight is 601 g/mol. The van der Waals surface area contributed by atoms with Gasteiger partial charge in [-0.05, 0) is 88.0 Å². The fourth-order valence-electron chi connectivity index (χ4n) is 7.09. The van der Waals surface area contributed by atoms with Crippen molar-refractivity contribution in [2.24, 2.45) is 16.2 Å². The number of carbonyl (C=O) groups is 1. The third-order valence-electron chi connectivity index (χ3n) is 10.0. The molecule has 44 heavy (non-hydrogen) atoms. The van der Waals surface area contributed by atoms with Crippen LogP contribution in [-0.4, -0.2) is 39.9 Å². The minimum Gasteiger partial charge on any atom is -0.393 e. The second-order valence-corrected chi connectivity index (χ2v) is 15.0. The van der Waals surface area contributed by atoms with E-state index < -0.39 is 17.1 Å². The van der Waals surface area contributed by atoms with Crippen molar-refractivity contribution in [2.45, 2.75) is 119 Å². The summed E-state index contributed by atoms with van der Waals surface area (Å²) in [7, 11) is 0. The van der Waals surface area contributed by atoms with E-state index in [-0.39, 0.29) is 28.8 Å². The maximum atomic E-state index is 13.0. The summed E-state index contributed by atoms with van der Waals surface area (Å²) in [4.78, 5) is 13.0. The van der Waals surface area contributed by atoms with Crippen molar-refractivity contribution in [3.05, 3.63) is 107 Å². The van der Waals surface area contributed by atoms with Gasteiger partial charge in [0.05, 0.1) is 23.9 Å². The van der Waals surface area contributed by atoms with E-state index in [2.05, 4.69) is 91.8 Å². The zero-order valence-corrected chi connectivity index (χ0v) is 28.8. The van der Waals surface area contributed by atoms with E-state index in [4.69, 9.17) is 4.74 Å². The van der Waals surface area contributed by atoms with E-state index in [0.717, 1.165) is 28.7 Å². The molecule has 1 heterocycles. The number of allylic oxidation sites excluding steroid dienone is 15. The van der Waals surface area contributed by atoms with E-state index >= 15 is 0 Å². The first kappa shape index (κ1) is 35.7. The van der Waals surface area contributed by atoms with Crippen LogP contribution in [0.5, 0.6) is 0 Å². The first-order chi connectivity index (χ1) is 20.4. The Labute approximate surface area is 267 Å². The molecule has 5 atom stereocenters. The molecule has 0 amide bonds. The second-order valence-electron chi connectivity index (χ2n) is 15.0. The molecule has 0 radical (unpaired) electrons. The largest absolute Gasteiger partial charge is 0.393 e. The summed E-state index contributed by atoms with van der Waals surface area (Å²) in [5.74, 6) is 0.0828. The van der Waals surface area contributed by atoms with Crippen molar-refractivity contribution in [1.29, 1.82) is 0 Å². The number of ether oxygens (including phenoxy) is 1. The van der Waals surface area contributed by atoms with Crippen LogP contribution in [0.15, 0.2) is 107 Å². The van der Waals surface area contributed by atoms with Gasteiger partial charge in [-0.25, -0.2) is 0 Å². The van der Waals surface area contributed by atoms with Gasteiger partial charge in [-0.2, -0.15) is 0 Å². The molecule has 240 valence electrons. The number of hydrogen-bond donors (Lipinski definition) is 2. The number of rotatable bonds is 10. The SMILES string of the molecule is CC(=C/C=C\C(C)=C\C=C/C(C)=C/C=C/C=C(/C)C1C=C2C(C)(C)CC(O)CC2(C)O1)/C=C/C(=O)C1(C)CC(O)CC1(C)C. The summed E-state index contributed by atoms with van der Waals surface area (Å²) in [6, 6.07) is 0. The molecule has 2 saturated carbocycles. The van der Waals surface area contributed by atoms with Crippen molar-refractivity contribution >= 4 is 5.78 Å². The lowest BCUT2D eigenvalue weighted by atomic mass is 9.65. The fraction of sp³-hybridized carbons (Fsp3) is 0.525. The molecule has 2 aliphatic carbocycles. The Morgan fingerprint density at radius 1 is 0.705 bits per heavy atom. The lowest BCUT2D eigenvalue weighted by Gasteiger charge is -2.44. The van der Waals surface area contributed by atoms with Crippen LogP contribution in [0.1, 0.15) is 94.9 Å². The molecule has 4 heteroatoms. The van der Waals surface area contributed by atoms with Crippen LogP contribution >= 0.6 is 0 Å². The van der Waals surface area contributed by atoms with Crippen LogP contribution in [0.3, 0.4) is 0 Å². The summed E-state index contributed by atoms with van der Waals surface area (Å²) >= 11 is 0. The summed E-state index contributed by atoms with van der Waals surface area (Å²) in [6.07, 6.45) is 28.1. The van der Waals surface area contributed by atoms with Crippen molar-refractivity contribution < 1.29 is 19.7 Å². The van der Waals surface area contributed by atoms with Gasteiger partial charge in [0.1, 0.15) is 0 Å². The standard InChI is InChI=1S/C40H56O4/c1-28(15-11-12-20-31(4)34-23-35-37(5,6)24-32(41)27-40(35,10)44-34)16-13-17-29(2)18-14-19-30(3)21-22-36(43)39(9)26-33(42)25-38(39,7)8/h11-23,32-34,41-42H,24-27H2,1-10H3/b12-11+,16-13-,18-14-,22-21+,28-15+,29-17+,30-19-,31-20-. The summed E-state index contributed by atoms with van der Waals surface area (Å²) in [5, 5.41) is 20.5. The highest BCUT2D eigenvalue weighted by Gasteiger charge is 2.53. The van der Waals surface area contributed by atoms with Crippen LogP contribution in [0.4, 0.5) is 0 Å². The van der Waals surface area contributed by atoms with Gasteiger partial charge in [-0.3, -0.25) is 4.79 Å². The Morgan fingerprint density at radius 3 is 1.80 bits per heavy atom. The Morgan fingerprint density at radius 2 is 1.23 bits per heavy atom. The molecule has 0 saturated heterocycles. The molecule has 0 aromatic carbocycles. The first-order valence-corrected chi connectivity index (χ1v) is 16.1. The number of aliphatic hydroxyl groups excluding tert-OH is 2. The molecular weight excluding hydrogens is 544 g/mol. The Bertz CT molecular complexity index is 1360.